The second-order valence-electron chi connectivity index (χ2n) is 4.49. The summed E-state index contributed by atoms with van der Waals surface area (Å²) < 4.78 is 0. The number of anilines is 1. The minimum atomic E-state index is -1.32. The molecule has 112 valence electrons. The van der Waals surface area contributed by atoms with Crippen molar-refractivity contribution in [2.24, 2.45) is 0 Å². The number of rotatable bonds is 4. The molecule has 2 rings (SSSR count). The van der Waals surface area contributed by atoms with Crippen LogP contribution in [0.3, 0.4) is 0 Å². The summed E-state index contributed by atoms with van der Waals surface area (Å²) in [5.74, 6) is -3.11. The lowest BCUT2D eigenvalue weighted by Crippen LogP contribution is -2.18. The van der Waals surface area contributed by atoms with Crippen LogP contribution >= 0.6 is 0 Å². The lowest BCUT2D eigenvalue weighted by Gasteiger charge is -2.10. The number of aromatic carboxylic acids is 2. The van der Waals surface area contributed by atoms with Crippen LogP contribution in [-0.2, 0) is 0 Å². The number of carbonyl (C=O) groups excluding carboxylic acids is 1. The first-order valence-electron chi connectivity index (χ1n) is 6.23. The van der Waals surface area contributed by atoms with Crippen LogP contribution in [0.2, 0.25) is 0 Å². The highest BCUT2D eigenvalue weighted by Gasteiger charge is 2.18. The molecule has 0 atom stereocenters. The molecule has 0 bridgehead atoms. The van der Waals surface area contributed by atoms with E-state index in [1.54, 1.807) is 13.0 Å². The fraction of sp³-hybridized carbons (Fsp3) is 0.0667. The number of hydrogen-bond acceptors (Lipinski definition) is 4. The predicted molar refractivity (Wildman–Crippen MR) is 77.3 cm³/mol. The van der Waals surface area contributed by atoms with E-state index in [0.29, 0.717) is 11.3 Å². The largest absolute Gasteiger partial charge is 0.478 e. The third-order valence-electron chi connectivity index (χ3n) is 2.99. The fourth-order valence-corrected chi connectivity index (χ4v) is 1.84. The van der Waals surface area contributed by atoms with Gasteiger partial charge in [0.15, 0.2) is 5.69 Å². The molecule has 1 heterocycles. The molecule has 0 aliphatic carbocycles. The molecule has 22 heavy (non-hydrogen) atoms. The van der Waals surface area contributed by atoms with Gasteiger partial charge in [0.05, 0.1) is 11.1 Å². The standard InChI is InChI=1S/C15H12N2O5/c1-8-4-5-9(14(19)20)7-11(8)17-13(18)10-3-2-6-16-12(10)15(21)22/h2-7H,1H3,(H,17,18)(H,19,20)(H,21,22). The van der Waals surface area contributed by atoms with Crippen molar-refractivity contribution in [3.05, 3.63) is 58.9 Å². The summed E-state index contributed by atoms with van der Waals surface area (Å²) in [4.78, 5) is 37.9. The van der Waals surface area contributed by atoms with Gasteiger partial charge in [-0.05, 0) is 36.8 Å². The quantitative estimate of drug-likeness (QED) is 0.795. The van der Waals surface area contributed by atoms with Gasteiger partial charge >= 0.3 is 11.9 Å². The number of amides is 1. The van der Waals surface area contributed by atoms with Crippen LogP contribution in [0.4, 0.5) is 5.69 Å². The molecule has 0 saturated carbocycles. The minimum Gasteiger partial charge on any atom is -0.478 e. The van der Waals surface area contributed by atoms with Gasteiger partial charge in [-0.25, -0.2) is 14.6 Å². The van der Waals surface area contributed by atoms with Crippen molar-refractivity contribution >= 4 is 23.5 Å². The van der Waals surface area contributed by atoms with Crippen LogP contribution in [0.5, 0.6) is 0 Å². The van der Waals surface area contributed by atoms with E-state index in [-0.39, 0.29) is 16.8 Å². The van der Waals surface area contributed by atoms with Gasteiger partial charge in [-0.1, -0.05) is 6.07 Å². The molecule has 2 aromatic rings. The molecule has 0 radical (unpaired) electrons. The van der Waals surface area contributed by atoms with Crippen LogP contribution in [0, 0.1) is 6.92 Å². The number of hydrogen-bond donors (Lipinski definition) is 3. The van der Waals surface area contributed by atoms with Crippen LogP contribution in [-0.4, -0.2) is 33.0 Å². The molecular formula is C15H12N2O5. The maximum absolute atomic E-state index is 12.2. The zero-order chi connectivity index (χ0) is 16.3. The molecule has 0 spiro atoms. The Labute approximate surface area is 125 Å². The van der Waals surface area contributed by atoms with E-state index >= 15 is 0 Å². The summed E-state index contributed by atoms with van der Waals surface area (Å²) in [7, 11) is 0. The first-order chi connectivity index (χ1) is 10.4. The average molecular weight is 300 g/mol. The van der Waals surface area contributed by atoms with Crippen molar-refractivity contribution in [2.45, 2.75) is 6.92 Å². The van der Waals surface area contributed by atoms with E-state index in [9.17, 15) is 14.4 Å². The van der Waals surface area contributed by atoms with Crippen molar-refractivity contribution < 1.29 is 24.6 Å². The number of nitrogens with zero attached hydrogens (tertiary/aromatic N) is 1. The Morgan fingerprint density at radius 1 is 1.09 bits per heavy atom. The molecule has 1 aromatic carbocycles. The zero-order valence-electron chi connectivity index (χ0n) is 11.5. The van der Waals surface area contributed by atoms with Crippen molar-refractivity contribution in [3.8, 4) is 0 Å². The maximum Gasteiger partial charge on any atom is 0.355 e. The van der Waals surface area contributed by atoms with Gasteiger partial charge in [0, 0.05) is 11.9 Å². The summed E-state index contributed by atoms with van der Waals surface area (Å²) in [6.45, 7) is 1.70. The highest BCUT2D eigenvalue weighted by Crippen LogP contribution is 2.18. The monoisotopic (exact) mass is 300 g/mol. The molecular weight excluding hydrogens is 288 g/mol. The first kappa shape index (κ1) is 15.2. The SMILES string of the molecule is Cc1ccc(C(=O)O)cc1NC(=O)c1cccnc1C(=O)O. The molecule has 7 nitrogen and oxygen atoms in total. The van der Waals surface area contributed by atoms with Crippen LogP contribution in [0.25, 0.3) is 0 Å². The van der Waals surface area contributed by atoms with Gasteiger partial charge in [0.25, 0.3) is 5.91 Å². The van der Waals surface area contributed by atoms with Gasteiger partial charge in [0.1, 0.15) is 0 Å². The van der Waals surface area contributed by atoms with Gasteiger partial charge < -0.3 is 15.5 Å². The summed E-state index contributed by atoms with van der Waals surface area (Å²) in [5, 5.41) is 20.5. The second-order valence-corrected chi connectivity index (χ2v) is 4.49. The van der Waals surface area contributed by atoms with Gasteiger partial charge in [-0.15, -0.1) is 0 Å². The number of carboxylic acid groups (broad SMARTS) is 2. The molecule has 3 N–H and O–H groups in total. The Morgan fingerprint density at radius 3 is 2.45 bits per heavy atom. The van der Waals surface area contributed by atoms with Gasteiger partial charge in [-0.2, -0.15) is 0 Å². The van der Waals surface area contributed by atoms with Gasteiger partial charge in [-0.3, -0.25) is 4.79 Å². The van der Waals surface area contributed by atoms with Crippen molar-refractivity contribution in [1.82, 2.24) is 4.98 Å². The predicted octanol–water partition coefficient (Wildman–Crippen LogP) is 2.04. The van der Waals surface area contributed by atoms with Crippen LogP contribution in [0.1, 0.15) is 36.8 Å². The van der Waals surface area contributed by atoms with E-state index in [1.807, 2.05) is 0 Å². The van der Waals surface area contributed by atoms with Crippen molar-refractivity contribution in [3.63, 3.8) is 0 Å². The molecule has 0 aliphatic rings. The van der Waals surface area contributed by atoms with Crippen LogP contribution in [0.15, 0.2) is 36.5 Å². The number of nitrogens with one attached hydrogen (secondary N) is 1. The topological polar surface area (TPSA) is 117 Å². The summed E-state index contributed by atoms with van der Waals surface area (Å²) >= 11 is 0. The highest BCUT2D eigenvalue weighted by atomic mass is 16.4. The first-order valence-corrected chi connectivity index (χ1v) is 6.23. The molecule has 0 aliphatic heterocycles. The highest BCUT2D eigenvalue weighted by molar-refractivity contribution is 6.10. The third kappa shape index (κ3) is 3.09. The Hall–Kier alpha value is -3.22. The van der Waals surface area contributed by atoms with E-state index < -0.39 is 17.8 Å². The number of benzene rings is 1. The smallest absolute Gasteiger partial charge is 0.355 e. The van der Waals surface area contributed by atoms with E-state index in [4.69, 9.17) is 10.2 Å². The molecule has 1 aromatic heterocycles. The number of aromatic nitrogens is 1. The lowest BCUT2D eigenvalue weighted by atomic mass is 10.1. The molecule has 0 fully saturated rings. The molecule has 1 amide bonds. The van der Waals surface area contributed by atoms with Crippen molar-refractivity contribution in [1.29, 1.82) is 0 Å². The van der Waals surface area contributed by atoms with Crippen molar-refractivity contribution in [2.75, 3.05) is 5.32 Å². The Balaban J connectivity index is 2.36. The Morgan fingerprint density at radius 2 is 1.82 bits per heavy atom. The fourth-order valence-electron chi connectivity index (χ4n) is 1.84. The number of aryl methyl sites for hydroxylation is 1. The van der Waals surface area contributed by atoms with Gasteiger partial charge in [0.2, 0.25) is 0 Å². The second kappa shape index (κ2) is 6.04. The van der Waals surface area contributed by atoms with E-state index in [2.05, 4.69) is 10.3 Å². The zero-order valence-corrected chi connectivity index (χ0v) is 11.5. The summed E-state index contributed by atoms with van der Waals surface area (Å²) in [5.41, 5.74) is 0.497. The molecule has 0 saturated heterocycles. The summed E-state index contributed by atoms with van der Waals surface area (Å²) in [6, 6.07) is 7.07. The minimum absolute atomic E-state index is 0.0190. The van der Waals surface area contributed by atoms with Crippen LogP contribution < -0.4 is 5.32 Å². The Kier molecular flexibility index (Phi) is 4.17. The normalized spacial score (nSPS) is 10.0. The molecule has 0 unspecified atom stereocenters. The molecule has 7 heteroatoms. The van der Waals surface area contributed by atoms with E-state index in [1.165, 1.54) is 30.5 Å². The maximum atomic E-state index is 12.2. The third-order valence-corrected chi connectivity index (χ3v) is 2.99. The Bertz CT molecular complexity index is 770. The lowest BCUT2D eigenvalue weighted by molar-refractivity contribution is 0.0680. The average Bonchev–Trinajstić information content (AvgIpc) is 2.49. The number of pyridine rings is 1. The summed E-state index contributed by atoms with van der Waals surface area (Å²) in [6.07, 6.45) is 1.27. The number of carbonyl (C=O) groups is 3. The number of carboxylic acids is 2. The van der Waals surface area contributed by atoms with E-state index in [0.717, 1.165) is 0 Å².